The molecule has 110 valence electrons. The number of thioether (sulfide) groups is 1. The van der Waals surface area contributed by atoms with E-state index in [-0.39, 0.29) is 5.75 Å². The maximum atomic E-state index is 10.8. The van der Waals surface area contributed by atoms with Gasteiger partial charge < -0.3 is 9.67 Å². The summed E-state index contributed by atoms with van der Waals surface area (Å²) in [6, 6.07) is 1.98. The largest absolute Gasteiger partial charge is 0.481 e. The van der Waals surface area contributed by atoms with Crippen LogP contribution in [-0.2, 0) is 11.3 Å². The predicted octanol–water partition coefficient (Wildman–Crippen LogP) is 2.80. The molecule has 4 rings (SSSR count). The van der Waals surface area contributed by atoms with Gasteiger partial charge in [-0.1, -0.05) is 11.8 Å². The number of carboxylic acids is 1. The van der Waals surface area contributed by atoms with Gasteiger partial charge in [-0.3, -0.25) is 9.78 Å². The number of rotatable bonds is 6. The molecule has 0 aromatic carbocycles. The Bertz CT molecular complexity index is 704. The third kappa shape index (κ3) is 2.41. The van der Waals surface area contributed by atoms with Gasteiger partial charge in [0.1, 0.15) is 5.52 Å². The number of aromatic nitrogens is 3. The number of pyridine rings is 1. The molecule has 6 heteroatoms. The number of carboxylic acid groups (broad SMARTS) is 1. The zero-order chi connectivity index (χ0) is 14.4. The minimum atomic E-state index is -0.806. The van der Waals surface area contributed by atoms with Crippen molar-refractivity contribution in [3.63, 3.8) is 0 Å². The first-order chi connectivity index (χ1) is 10.2. The number of imidazole rings is 1. The smallest absolute Gasteiger partial charge is 0.313 e. The average molecular weight is 303 g/mol. The van der Waals surface area contributed by atoms with Crippen LogP contribution in [0.4, 0.5) is 0 Å². The van der Waals surface area contributed by atoms with Crippen LogP contribution in [0.1, 0.15) is 25.7 Å². The zero-order valence-electron chi connectivity index (χ0n) is 11.7. The standard InChI is InChI=1S/C15H17N3O2S/c19-13(20)8-21-14-17-11-7-16-6-3-12(11)18(14)9-15(4-5-15)10-1-2-10/h3,6-7,10H,1-2,4-5,8-9H2,(H,19,20). The van der Waals surface area contributed by atoms with E-state index in [9.17, 15) is 4.79 Å². The first kappa shape index (κ1) is 13.1. The molecule has 2 aliphatic carbocycles. The Morgan fingerprint density at radius 1 is 1.48 bits per heavy atom. The highest BCUT2D eigenvalue weighted by molar-refractivity contribution is 7.99. The summed E-state index contributed by atoms with van der Waals surface area (Å²) in [6.45, 7) is 0.972. The molecule has 5 nitrogen and oxygen atoms in total. The second-order valence-corrected chi connectivity index (χ2v) is 7.11. The van der Waals surface area contributed by atoms with Gasteiger partial charge in [0.2, 0.25) is 0 Å². The SMILES string of the molecule is O=C(O)CSc1nc2cnccc2n1CC1(C2CC2)CC1. The van der Waals surface area contributed by atoms with Crippen molar-refractivity contribution < 1.29 is 9.90 Å². The van der Waals surface area contributed by atoms with Gasteiger partial charge in [-0.2, -0.15) is 0 Å². The average Bonchev–Trinajstić information content (AvgIpc) is 3.34. The third-order valence-corrected chi connectivity index (χ3v) is 5.61. The van der Waals surface area contributed by atoms with E-state index in [1.54, 1.807) is 12.4 Å². The molecule has 0 spiro atoms. The summed E-state index contributed by atoms with van der Waals surface area (Å²) >= 11 is 1.31. The summed E-state index contributed by atoms with van der Waals surface area (Å²) in [5.41, 5.74) is 2.39. The number of carbonyl (C=O) groups is 1. The molecule has 2 saturated carbocycles. The van der Waals surface area contributed by atoms with Crippen LogP contribution in [0, 0.1) is 11.3 Å². The summed E-state index contributed by atoms with van der Waals surface area (Å²) in [7, 11) is 0. The number of aliphatic carboxylic acids is 1. The van der Waals surface area contributed by atoms with Gasteiger partial charge in [0.25, 0.3) is 0 Å². The van der Waals surface area contributed by atoms with E-state index in [0.29, 0.717) is 5.41 Å². The van der Waals surface area contributed by atoms with Crippen molar-refractivity contribution in [2.45, 2.75) is 37.4 Å². The third-order valence-electron chi connectivity index (χ3n) is 4.65. The minimum absolute atomic E-state index is 0.0488. The first-order valence-corrected chi connectivity index (χ1v) is 8.31. The van der Waals surface area contributed by atoms with Crippen LogP contribution in [0.5, 0.6) is 0 Å². The molecule has 0 unspecified atom stereocenters. The second-order valence-electron chi connectivity index (χ2n) is 6.16. The van der Waals surface area contributed by atoms with E-state index >= 15 is 0 Å². The first-order valence-electron chi connectivity index (χ1n) is 7.33. The molecular weight excluding hydrogens is 286 g/mol. The fraction of sp³-hybridized carbons (Fsp3) is 0.533. The lowest BCUT2D eigenvalue weighted by atomic mass is 10.0. The normalized spacial score (nSPS) is 19.8. The monoisotopic (exact) mass is 303 g/mol. The van der Waals surface area contributed by atoms with Gasteiger partial charge in [-0.05, 0) is 43.1 Å². The van der Waals surface area contributed by atoms with E-state index in [2.05, 4.69) is 14.5 Å². The van der Waals surface area contributed by atoms with Gasteiger partial charge in [-0.25, -0.2) is 4.98 Å². The van der Waals surface area contributed by atoms with Crippen molar-refractivity contribution in [1.82, 2.24) is 14.5 Å². The number of fused-ring (bicyclic) bond motifs is 1. The highest BCUT2D eigenvalue weighted by Crippen LogP contribution is 2.62. The summed E-state index contributed by atoms with van der Waals surface area (Å²) in [5.74, 6) is 0.113. The molecule has 1 N–H and O–H groups in total. The Balaban J connectivity index is 1.69. The maximum Gasteiger partial charge on any atom is 0.313 e. The topological polar surface area (TPSA) is 68.0 Å². The number of nitrogens with zero attached hydrogens (tertiary/aromatic N) is 3. The molecule has 0 amide bonds. The Kier molecular flexibility index (Phi) is 2.96. The molecule has 2 aromatic heterocycles. The van der Waals surface area contributed by atoms with Gasteiger partial charge in [0.05, 0.1) is 17.5 Å². The van der Waals surface area contributed by atoms with Crippen LogP contribution >= 0.6 is 11.8 Å². The van der Waals surface area contributed by atoms with Gasteiger partial charge in [0, 0.05) is 12.7 Å². The van der Waals surface area contributed by atoms with Crippen LogP contribution in [-0.4, -0.2) is 31.4 Å². The number of hydrogen-bond donors (Lipinski definition) is 1. The van der Waals surface area contributed by atoms with E-state index in [0.717, 1.165) is 28.7 Å². The fourth-order valence-electron chi connectivity index (χ4n) is 3.22. The second kappa shape index (κ2) is 4.73. The lowest BCUT2D eigenvalue weighted by Crippen LogP contribution is -2.15. The Morgan fingerprint density at radius 2 is 2.29 bits per heavy atom. The van der Waals surface area contributed by atoms with Crippen molar-refractivity contribution in [2.75, 3.05) is 5.75 Å². The molecule has 2 heterocycles. The van der Waals surface area contributed by atoms with Crippen molar-refractivity contribution in [3.05, 3.63) is 18.5 Å². The molecule has 2 aromatic rings. The highest BCUT2D eigenvalue weighted by Gasteiger charge is 2.54. The Morgan fingerprint density at radius 3 is 2.95 bits per heavy atom. The lowest BCUT2D eigenvalue weighted by molar-refractivity contribution is -0.133. The van der Waals surface area contributed by atoms with Crippen molar-refractivity contribution in [1.29, 1.82) is 0 Å². The van der Waals surface area contributed by atoms with Gasteiger partial charge >= 0.3 is 5.97 Å². The lowest BCUT2D eigenvalue weighted by Gasteiger charge is -2.17. The molecule has 0 aliphatic heterocycles. The van der Waals surface area contributed by atoms with Crippen molar-refractivity contribution >= 4 is 28.8 Å². The van der Waals surface area contributed by atoms with Crippen LogP contribution in [0.25, 0.3) is 11.0 Å². The maximum absolute atomic E-state index is 10.8. The Hall–Kier alpha value is -1.56. The molecule has 0 radical (unpaired) electrons. The summed E-state index contributed by atoms with van der Waals surface area (Å²) in [5, 5.41) is 9.73. The fourth-order valence-corrected chi connectivity index (χ4v) is 3.95. The van der Waals surface area contributed by atoms with Crippen LogP contribution in [0.2, 0.25) is 0 Å². The molecular formula is C15H17N3O2S. The molecule has 2 aliphatic rings. The summed E-state index contributed by atoms with van der Waals surface area (Å²) < 4.78 is 2.22. The quantitative estimate of drug-likeness (QED) is 0.831. The molecule has 0 saturated heterocycles. The highest BCUT2D eigenvalue weighted by atomic mass is 32.2. The Labute approximate surface area is 126 Å². The van der Waals surface area contributed by atoms with Crippen LogP contribution in [0.15, 0.2) is 23.6 Å². The predicted molar refractivity (Wildman–Crippen MR) is 80.3 cm³/mol. The van der Waals surface area contributed by atoms with Crippen molar-refractivity contribution in [2.24, 2.45) is 11.3 Å². The van der Waals surface area contributed by atoms with E-state index in [1.807, 2.05) is 6.07 Å². The van der Waals surface area contributed by atoms with Crippen molar-refractivity contribution in [3.8, 4) is 0 Å². The summed E-state index contributed by atoms with van der Waals surface area (Å²) in [4.78, 5) is 19.5. The molecule has 2 fully saturated rings. The van der Waals surface area contributed by atoms with Crippen LogP contribution < -0.4 is 0 Å². The molecule has 21 heavy (non-hydrogen) atoms. The number of hydrogen-bond acceptors (Lipinski definition) is 4. The van der Waals surface area contributed by atoms with E-state index in [1.165, 1.54) is 37.4 Å². The van der Waals surface area contributed by atoms with E-state index in [4.69, 9.17) is 5.11 Å². The zero-order valence-corrected chi connectivity index (χ0v) is 12.5. The molecule has 0 atom stereocenters. The van der Waals surface area contributed by atoms with Gasteiger partial charge in [-0.15, -0.1) is 0 Å². The van der Waals surface area contributed by atoms with E-state index < -0.39 is 5.97 Å². The van der Waals surface area contributed by atoms with Gasteiger partial charge in [0.15, 0.2) is 5.16 Å². The summed E-state index contributed by atoms with van der Waals surface area (Å²) in [6.07, 6.45) is 8.84. The minimum Gasteiger partial charge on any atom is -0.481 e. The molecule has 0 bridgehead atoms. The van der Waals surface area contributed by atoms with Crippen LogP contribution in [0.3, 0.4) is 0 Å².